The van der Waals surface area contributed by atoms with Crippen molar-refractivity contribution in [3.8, 4) is 0 Å². The van der Waals surface area contributed by atoms with Gasteiger partial charge in [-0.05, 0) is 23.8 Å². The Morgan fingerprint density at radius 2 is 1.73 bits per heavy atom. The van der Waals surface area contributed by atoms with Crippen LogP contribution in [-0.4, -0.2) is 57.8 Å². The monoisotopic (exact) mass is 464 g/mol. The fourth-order valence-corrected chi connectivity index (χ4v) is 4.48. The molecular weight excluding hydrogens is 436 g/mol. The number of carbonyl (C=O) groups excluding carboxylic acids is 2. The van der Waals surface area contributed by atoms with Gasteiger partial charge in [-0.25, -0.2) is 15.0 Å². The van der Waals surface area contributed by atoms with Gasteiger partial charge in [0, 0.05) is 55.6 Å². The minimum absolute atomic E-state index is 0.0975. The van der Waals surface area contributed by atoms with Gasteiger partial charge in [0.25, 0.3) is 0 Å². The Kier molecular flexibility index (Phi) is 7.29. The molecule has 0 radical (unpaired) electrons. The molecule has 0 spiro atoms. The summed E-state index contributed by atoms with van der Waals surface area (Å²) >= 11 is 1.59. The van der Waals surface area contributed by atoms with Crippen LogP contribution in [0.1, 0.15) is 36.0 Å². The molecule has 33 heavy (non-hydrogen) atoms. The molecule has 9 heteroatoms. The molecule has 1 aromatic carbocycles. The lowest BCUT2D eigenvalue weighted by Gasteiger charge is -2.34. The quantitative estimate of drug-likeness (QED) is 0.578. The fraction of sp³-hybridized carbons (Fsp3) is 0.375. The van der Waals surface area contributed by atoms with Crippen molar-refractivity contribution in [2.45, 2.75) is 32.6 Å². The fourth-order valence-electron chi connectivity index (χ4n) is 3.64. The lowest BCUT2D eigenvalue weighted by atomic mass is 10.1. The Morgan fingerprint density at radius 1 is 1.03 bits per heavy atom. The number of rotatable bonds is 7. The minimum atomic E-state index is -0.0975. The van der Waals surface area contributed by atoms with Crippen molar-refractivity contribution in [3.63, 3.8) is 0 Å². The highest BCUT2D eigenvalue weighted by Gasteiger charge is 2.22. The van der Waals surface area contributed by atoms with Gasteiger partial charge in [-0.3, -0.25) is 9.59 Å². The van der Waals surface area contributed by atoms with Crippen LogP contribution in [0.3, 0.4) is 0 Å². The van der Waals surface area contributed by atoms with Crippen LogP contribution in [0.25, 0.3) is 0 Å². The Morgan fingerprint density at radius 3 is 2.36 bits per heavy atom. The standard InChI is InChI=1S/C24H28N6O2S/c1-17(2)23-28-20(16-33-23)15-21(31)27-19-6-4-18(5-7-19)14-22(32)29-10-12-30(13-11-29)24-25-8-3-9-26-24/h3-9,16-17H,10-15H2,1-2H3,(H,27,31). The molecule has 0 bridgehead atoms. The molecule has 4 rings (SSSR count). The zero-order valence-electron chi connectivity index (χ0n) is 18.9. The molecular formula is C24H28N6O2S. The van der Waals surface area contributed by atoms with Crippen LogP contribution in [0.4, 0.5) is 11.6 Å². The number of thiazole rings is 1. The molecule has 0 saturated carbocycles. The first-order chi connectivity index (χ1) is 16.0. The SMILES string of the molecule is CC(C)c1nc(CC(=O)Nc2ccc(CC(=O)N3CCN(c4ncccn4)CC3)cc2)cs1. The molecule has 8 nitrogen and oxygen atoms in total. The summed E-state index contributed by atoms with van der Waals surface area (Å²) in [6.07, 6.45) is 4.05. The molecule has 1 N–H and O–H groups in total. The average molecular weight is 465 g/mol. The first kappa shape index (κ1) is 22.8. The molecule has 172 valence electrons. The molecule has 0 unspecified atom stereocenters. The number of amides is 2. The van der Waals surface area contributed by atoms with Crippen LogP contribution in [0.15, 0.2) is 48.1 Å². The summed E-state index contributed by atoms with van der Waals surface area (Å²) in [6, 6.07) is 9.25. The van der Waals surface area contributed by atoms with Crippen molar-refractivity contribution in [1.29, 1.82) is 0 Å². The third kappa shape index (κ3) is 6.13. The normalized spacial score (nSPS) is 13.9. The lowest BCUT2D eigenvalue weighted by Crippen LogP contribution is -2.49. The summed E-state index contributed by atoms with van der Waals surface area (Å²) < 4.78 is 0. The Hall–Kier alpha value is -3.33. The molecule has 1 fully saturated rings. The van der Waals surface area contributed by atoms with E-state index < -0.39 is 0 Å². The third-order valence-corrected chi connectivity index (χ3v) is 6.66. The van der Waals surface area contributed by atoms with Crippen LogP contribution in [-0.2, 0) is 22.4 Å². The summed E-state index contributed by atoms with van der Waals surface area (Å²) in [5.74, 6) is 1.07. The van der Waals surface area contributed by atoms with E-state index in [0.717, 1.165) is 29.4 Å². The van der Waals surface area contributed by atoms with Gasteiger partial charge in [-0.1, -0.05) is 26.0 Å². The van der Waals surface area contributed by atoms with E-state index in [0.29, 0.717) is 37.1 Å². The van der Waals surface area contributed by atoms with Gasteiger partial charge in [0.15, 0.2) is 0 Å². The molecule has 0 atom stereocenters. The topological polar surface area (TPSA) is 91.3 Å². The Balaban J connectivity index is 1.24. The number of nitrogens with one attached hydrogen (secondary N) is 1. The summed E-state index contributed by atoms with van der Waals surface area (Å²) in [6.45, 7) is 6.93. The van der Waals surface area contributed by atoms with Crippen molar-refractivity contribution in [2.24, 2.45) is 0 Å². The van der Waals surface area contributed by atoms with E-state index in [1.165, 1.54) is 0 Å². The van der Waals surface area contributed by atoms with Crippen LogP contribution < -0.4 is 10.2 Å². The maximum Gasteiger partial charge on any atom is 0.230 e. The van der Waals surface area contributed by atoms with Crippen molar-refractivity contribution in [2.75, 3.05) is 36.4 Å². The van der Waals surface area contributed by atoms with E-state index in [-0.39, 0.29) is 18.2 Å². The third-order valence-electron chi connectivity index (χ3n) is 5.47. The number of hydrogen-bond donors (Lipinski definition) is 1. The zero-order valence-corrected chi connectivity index (χ0v) is 19.7. The number of piperazine rings is 1. The predicted molar refractivity (Wildman–Crippen MR) is 130 cm³/mol. The van der Waals surface area contributed by atoms with Gasteiger partial charge in [-0.15, -0.1) is 11.3 Å². The van der Waals surface area contributed by atoms with Gasteiger partial charge < -0.3 is 15.1 Å². The number of aromatic nitrogens is 3. The summed E-state index contributed by atoms with van der Waals surface area (Å²) in [5, 5.41) is 5.89. The maximum atomic E-state index is 12.7. The van der Waals surface area contributed by atoms with E-state index in [1.807, 2.05) is 34.5 Å². The molecule has 1 saturated heterocycles. The first-order valence-corrected chi connectivity index (χ1v) is 12.0. The second-order valence-electron chi connectivity index (χ2n) is 8.35. The van der Waals surface area contributed by atoms with E-state index in [9.17, 15) is 9.59 Å². The highest BCUT2D eigenvalue weighted by atomic mass is 32.1. The van der Waals surface area contributed by atoms with Gasteiger partial charge >= 0.3 is 0 Å². The zero-order chi connectivity index (χ0) is 23.2. The van der Waals surface area contributed by atoms with Crippen LogP contribution in [0, 0.1) is 0 Å². The summed E-state index contributed by atoms with van der Waals surface area (Å²) in [5.41, 5.74) is 2.43. The molecule has 0 aliphatic carbocycles. The van der Waals surface area contributed by atoms with Gasteiger partial charge in [-0.2, -0.15) is 0 Å². The van der Waals surface area contributed by atoms with E-state index in [2.05, 4.69) is 39.0 Å². The van der Waals surface area contributed by atoms with Gasteiger partial charge in [0.2, 0.25) is 17.8 Å². The predicted octanol–water partition coefficient (Wildman–Crippen LogP) is 3.13. The maximum absolute atomic E-state index is 12.7. The lowest BCUT2D eigenvalue weighted by molar-refractivity contribution is -0.130. The van der Waals surface area contributed by atoms with Crippen molar-refractivity contribution >= 4 is 34.8 Å². The Labute approximate surface area is 197 Å². The van der Waals surface area contributed by atoms with Gasteiger partial charge in [0.05, 0.1) is 23.5 Å². The second-order valence-corrected chi connectivity index (χ2v) is 9.24. The minimum Gasteiger partial charge on any atom is -0.339 e. The summed E-state index contributed by atoms with van der Waals surface area (Å²) in [4.78, 5) is 42.1. The first-order valence-electron chi connectivity index (χ1n) is 11.1. The number of nitrogens with zero attached hydrogens (tertiary/aromatic N) is 5. The molecule has 1 aliphatic heterocycles. The van der Waals surface area contributed by atoms with Crippen LogP contribution in [0.2, 0.25) is 0 Å². The van der Waals surface area contributed by atoms with Crippen LogP contribution >= 0.6 is 11.3 Å². The molecule has 1 aliphatic rings. The highest BCUT2D eigenvalue weighted by Crippen LogP contribution is 2.20. The van der Waals surface area contributed by atoms with E-state index in [4.69, 9.17) is 0 Å². The highest BCUT2D eigenvalue weighted by molar-refractivity contribution is 7.09. The largest absolute Gasteiger partial charge is 0.339 e. The molecule has 2 aromatic heterocycles. The Bertz CT molecular complexity index is 1080. The van der Waals surface area contributed by atoms with Crippen molar-refractivity contribution < 1.29 is 9.59 Å². The average Bonchev–Trinajstić information content (AvgIpc) is 3.30. The molecule has 2 amide bonds. The number of benzene rings is 1. The van der Waals surface area contributed by atoms with Crippen molar-refractivity contribution in [1.82, 2.24) is 19.9 Å². The number of hydrogen-bond acceptors (Lipinski definition) is 7. The van der Waals surface area contributed by atoms with E-state index in [1.54, 1.807) is 29.8 Å². The summed E-state index contributed by atoms with van der Waals surface area (Å²) in [7, 11) is 0. The smallest absolute Gasteiger partial charge is 0.230 e. The van der Waals surface area contributed by atoms with E-state index >= 15 is 0 Å². The molecule has 3 heterocycles. The molecule has 3 aromatic rings. The van der Waals surface area contributed by atoms with Crippen LogP contribution in [0.5, 0.6) is 0 Å². The second kappa shape index (κ2) is 10.5. The number of anilines is 2. The van der Waals surface area contributed by atoms with Crippen molar-refractivity contribution in [3.05, 3.63) is 64.4 Å². The van der Waals surface area contributed by atoms with Gasteiger partial charge in [0.1, 0.15) is 0 Å². The number of carbonyl (C=O) groups is 2.